The Balaban J connectivity index is 2.90. The minimum atomic E-state index is -0.414. The van der Waals surface area contributed by atoms with E-state index >= 15 is 0 Å². The van der Waals surface area contributed by atoms with Gasteiger partial charge in [-0.2, -0.15) is 0 Å². The van der Waals surface area contributed by atoms with E-state index in [1.807, 2.05) is 0 Å². The van der Waals surface area contributed by atoms with E-state index < -0.39 is 5.82 Å². The second-order valence-electron chi connectivity index (χ2n) is 3.15. The van der Waals surface area contributed by atoms with Crippen LogP contribution in [0.4, 0.5) is 4.39 Å². The van der Waals surface area contributed by atoms with Gasteiger partial charge in [-0.3, -0.25) is 9.20 Å². The quantitative estimate of drug-likeness (QED) is 0.647. The fraction of sp³-hybridized carbons (Fsp3) is 0.200. The zero-order valence-electron chi connectivity index (χ0n) is 7.91. The van der Waals surface area contributed by atoms with Gasteiger partial charge in [0.2, 0.25) is 0 Å². The van der Waals surface area contributed by atoms with Crippen molar-refractivity contribution in [2.24, 2.45) is 0 Å². The van der Waals surface area contributed by atoms with Gasteiger partial charge < -0.3 is 0 Å². The van der Waals surface area contributed by atoms with Gasteiger partial charge in [0.25, 0.3) is 0 Å². The molecule has 0 unspecified atom stereocenters. The van der Waals surface area contributed by atoms with E-state index in [0.717, 1.165) is 0 Å². The number of ketones is 1. The second kappa shape index (κ2) is 2.90. The molecule has 0 fully saturated rings. The highest BCUT2D eigenvalue weighted by atomic mass is 19.1. The third-order valence-electron chi connectivity index (χ3n) is 2.11. The molecule has 0 bridgehead atoms. The van der Waals surface area contributed by atoms with Crippen LogP contribution in [0.3, 0.4) is 0 Å². The maximum absolute atomic E-state index is 13.2. The van der Waals surface area contributed by atoms with E-state index in [1.54, 1.807) is 19.2 Å². The summed E-state index contributed by atoms with van der Waals surface area (Å²) in [5.41, 5.74) is 1.21. The second-order valence-corrected chi connectivity index (χ2v) is 3.15. The molecule has 2 rings (SSSR count). The van der Waals surface area contributed by atoms with Crippen LogP contribution in [0.5, 0.6) is 0 Å². The van der Waals surface area contributed by atoms with E-state index in [0.29, 0.717) is 11.4 Å². The van der Waals surface area contributed by atoms with Crippen LogP contribution in [0.2, 0.25) is 0 Å². The van der Waals surface area contributed by atoms with Crippen LogP contribution in [0.1, 0.15) is 23.1 Å². The normalized spacial score (nSPS) is 10.8. The van der Waals surface area contributed by atoms with Crippen molar-refractivity contribution in [2.75, 3.05) is 0 Å². The van der Waals surface area contributed by atoms with Crippen molar-refractivity contribution in [1.29, 1.82) is 0 Å². The maximum Gasteiger partial charge on any atom is 0.178 e. The monoisotopic (exact) mass is 192 g/mol. The van der Waals surface area contributed by atoms with Crippen molar-refractivity contribution in [3.63, 3.8) is 0 Å². The molecule has 0 aromatic carbocycles. The number of nitrogens with zero attached hydrogens (tertiary/aromatic N) is 2. The molecule has 0 radical (unpaired) electrons. The van der Waals surface area contributed by atoms with E-state index in [9.17, 15) is 9.18 Å². The van der Waals surface area contributed by atoms with Crippen LogP contribution >= 0.6 is 0 Å². The fourth-order valence-corrected chi connectivity index (χ4v) is 1.57. The Labute approximate surface area is 80.2 Å². The summed E-state index contributed by atoms with van der Waals surface area (Å²) in [7, 11) is 0. The summed E-state index contributed by atoms with van der Waals surface area (Å²) in [5.74, 6) is -0.524. The molecular weight excluding hydrogens is 183 g/mol. The molecular formula is C10H9FN2O. The highest BCUT2D eigenvalue weighted by molar-refractivity contribution is 5.94. The summed E-state index contributed by atoms with van der Waals surface area (Å²) < 4.78 is 14.7. The van der Waals surface area contributed by atoms with Crippen molar-refractivity contribution in [3.05, 3.63) is 35.5 Å². The number of halogens is 1. The van der Waals surface area contributed by atoms with Crippen molar-refractivity contribution >= 4 is 11.4 Å². The first-order valence-electron chi connectivity index (χ1n) is 4.25. The highest BCUT2D eigenvalue weighted by Crippen LogP contribution is 2.14. The number of hydrogen-bond donors (Lipinski definition) is 0. The number of aryl methyl sites for hydroxylation is 1. The maximum atomic E-state index is 13.2. The number of Topliss-reactive ketones (excluding diaryl/α,β-unsaturated/α-hetero) is 1. The number of aromatic nitrogens is 2. The molecule has 2 heterocycles. The third-order valence-corrected chi connectivity index (χ3v) is 2.11. The standard InChI is InChI=1S/C10H9FN2O/c1-6-9(7(2)14)13-5-3-4-8(11)10(13)12-6/h3-5H,1-2H3. The van der Waals surface area contributed by atoms with E-state index in [-0.39, 0.29) is 11.4 Å². The first kappa shape index (κ1) is 8.87. The van der Waals surface area contributed by atoms with Crippen LogP contribution < -0.4 is 0 Å². The summed E-state index contributed by atoms with van der Waals surface area (Å²) in [6.07, 6.45) is 1.63. The predicted molar refractivity (Wildman–Crippen MR) is 49.9 cm³/mol. The number of hydrogen-bond acceptors (Lipinski definition) is 2. The topological polar surface area (TPSA) is 34.4 Å². The molecule has 0 saturated carbocycles. The van der Waals surface area contributed by atoms with Gasteiger partial charge in [-0.15, -0.1) is 0 Å². The Hall–Kier alpha value is -1.71. The minimum absolute atomic E-state index is 0.111. The molecule has 2 aromatic rings. The van der Waals surface area contributed by atoms with Gasteiger partial charge in [0.1, 0.15) is 5.69 Å². The average Bonchev–Trinajstić information content (AvgIpc) is 2.42. The van der Waals surface area contributed by atoms with Crippen LogP contribution in [-0.4, -0.2) is 15.2 Å². The molecule has 0 spiro atoms. The van der Waals surface area contributed by atoms with Crippen molar-refractivity contribution in [3.8, 4) is 0 Å². The molecule has 72 valence electrons. The molecule has 0 aliphatic carbocycles. The third kappa shape index (κ3) is 1.11. The lowest BCUT2D eigenvalue weighted by Gasteiger charge is -1.97. The van der Waals surface area contributed by atoms with E-state index in [4.69, 9.17) is 0 Å². The number of carbonyl (C=O) groups excluding carboxylic acids is 1. The molecule has 3 nitrogen and oxygen atoms in total. The summed E-state index contributed by atoms with van der Waals surface area (Å²) in [4.78, 5) is 15.3. The summed E-state index contributed by atoms with van der Waals surface area (Å²) >= 11 is 0. The summed E-state index contributed by atoms with van der Waals surface area (Å²) in [6.45, 7) is 3.14. The number of imidazole rings is 1. The molecule has 4 heteroatoms. The zero-order valence-corrected chi connectivity index (χ0v) is 7.91. The van der Waals surface area contributed by atoms with Crippen LogP contribution in [0, 0.1) is 12.7 Å². The van der Waals surface area contributed by atoms with Gasteiger partial charge in [-0.1, -0.05) is 0 Å². The summed E-state index contributed by atoms with van der Waals surface area (Å²) in [5, 5.41) is 0. The fourth-order valence-electron chi connectivity index (χ4n) is 1.57. The largest absolute Gasteiger partial charge is 0.294 e. The first-order chi connectivity index (χ1) is 6.61. The smallest absolute Gasteiger partial charge is 0.178 e. The molecule has 0 atom stereocenters. The van der Waals surface area contributed by atoms with Crippen LogP contribution in [0.25, 0.3) is 5.65 Å². The lowest BCUT2D eigenvalue weighted by Crippen LogP contribution is -2.00. The van der Waals surface area contributed by atoms with Gasteiger partial charge in [-0.05, 0) is 19.1 Å². The molecule has 0 amide bonds. The van der Waals surface area contributed by atoms with Gasteiger partial charge in [0.15, 0.2) is 17.2 Å². The number of pyridine rings is 1. The zero-order chi connectivity index (χ0) is 10.3. The molecule has 0 aliphatic heterocycles. The first-order valence-corrected chi connectivity index (χ1v) is 4.25. The average molecular weight is 192 g/mol. The Bertz CT molecular complexity index is 516. The van der Waals surface area contributed by atoms with Gasteiger partial charge in [0, 0.05) is 13.1 Å². The van der Waals surface area contributed by atoms with Gasteiger partial charge in [0.05, 0.1) is 5.69 Å². The predicted octanol–water partition coefficient (Wildman–Crippen LogP) is 1.98. The van der Waals surface area contributed by atoms with Crippen molar-refractivity contribution < 1.29 is 9.18 Å². The van der Waals surface area contributed by atoms with Crippen LogP contribution in [0.15, 0.2) is 18.3 Å². The molecule has 2 aromatic heterocycles. The number of fused-ring (bicyclic) bond motifs is 1. The molecule has 0 N–H and O–H groups in total. The Morgan fingerprint density at radius 2 is 2.29 bits per heavy atom. The van der Waals surface area contributed by atoms with Gasteiger partial charge in [-0.25, -0.2) is 9.37 Å². The SMILES string of the molecule is CC(=O)c1c(C)nc2c(F)cccn12. The van der Waals surface area contributed by atoms with E-state index in [1.165, 1.54) is 17.4 Å². The minimum Gasteiger partial charge on any atom is -0.294 e. The lowest BCUT2D eigenvalue weighted by molar-refractivity contribution is 0.101. The summed E-state index contributed by atoms with van der Waals surface area (Å²) in [6, 6.07) is 2.88. The lowest BCUT2D eigenvalue weighted by atomic mass is 10.2. The van der Waals surface area contributed by atoms with Crippen LogP contribution in [-0.2, 0) is 0 Å². The van der Waals surface area contributed by atoms with Crippen molar-refractivity contribution in [1.82, 2.24) is 9.38 Å². The molecule has 14 heavy (non-hydrogen) atoms. The number of carbonyl (C=O) groups is 1. The Morgan fingerprint density at radius 3 is 2.93 bits per heavy atom. The van der Waals surface area contributed by atoms with E-state index in [2.05, 4.69) is 4.98 Å². The van der Waals surface area contributed by atoms with Crippen molar-refractivity contribution in [2.45, 2.75) is 13.8 Å². The highest BCUT2D eigenvalue weighted by Gasteiger charge is 2.14. The Kier molecular flexibility index (Phi) is 1.84. The van der Waals surface area contributed by atoms with Gasteiger partial charge >= 0.3 is 0 Å². The Morgan fingerprint density at radius 1 is 1.57 bits per heavy atom. The molecule has 0 saturated heterocycles. The molecule has 0 aliphatic rings. The number of rotatable bonds is 1.